The molecule has 144 valence electrons. The quantitative estimate of drug-likeness (QED) is 0.696. The predicted molar refractivity (Wildman–Crippen MR) is 107 cm³/mol. The fourth-order valence-electron chi connectivity index (χ4n) is 3.96. The zero-order chi connectivity index (χ0) is 19.2. The largest absolute Gasteiger partial charge is 0.465 e. The van der Waals surface area contributed by atoms with E-state index in [1.165, 1.54) is 5.56 Å². The van der Waals surface area contributed by atoms with Crippen molar-refractivity contribution in [3.05, 3.63) is 47.5 Å². The van der Waals surface area contributed by atoms with Gasteiger partial charge in [0.05, 0.1) is 13.0 Å². The lowest BCUT2D eigenvalue weighted by atomic mass is 9.74. The maximum atomic E-state index is 12.5. The number of Topliss-reactive ketones (excluding diaryl/α,β-unsaturated/α-hetero) is 1. The van der Waals surface area contributed by atoms with Crippen LogP contribution in [0.5, 0.6) is 0 Å². The lowest BCUT2D eigenvalue weighted by molar-refractivity contribution is -0.145. The average Bonchev–Trinajstić information content (AvgIpc) is 2.68. The first-order valence-corrected chi connectivity index (χ1v) is 10.0. The molecule has 2 unspecified atom stereocenters. The Morgan fingerprint density at radius 2 is 2.00 bits per heavy atom. The fraction of sp³-hybridized carbons (Fsp3) is 0.522. The second-order valence-corrected chi connectivity index (χ2v) is 7.93. The van der Waals surface area contributed by atoms with Crippen molar-refractivity contribution in [1.82, 2.24) is 0 Å². The molecule has 0 bridgehead atoms. The third-order valence-corrected chi connectivity index (χ3v) is 5.33. The summed E-state index contributed by atoms with van der Waals surface area (Å²) in [6.45, 7) is 5.29. The molecule has 4 heteroatoms. The number of allylic oxidation sites excluding steroid dienone is 2. The van der Waals surface area contributed by atoms with Crippen LogP contribution in [-0.2, 0) is 14.3 Å². The third kappa shape index (κ3) is 5.15. The Kier molecular flexibility index (Phi) is 6.59. The minimum Gasteiger partial charge on any atom is -0.465 e. The number of rotatable bonds is 6. The molecule has 2 atom stereocenters. The molecule has 0 amide bonds. The molecule has 1 aromatic rings. The molecule has 1 aliphatic carbocycles. The minimum atomic E-state index is -0.156. The zero-order valence-electron chi connectivity index (χ0n) is 16.3. The molecular weight excluding hydrogens is 338 g/mol. The van der Waals surface area contributed by atoms with Crippen molar-refractivity contribution >= 4 is 17.5 Å². The number of benzene rings is 1. The van der Waals surface area contributed by atoms with E-state index >= 15 is 0 Å². The van der Waals surface area contributed by atoms with E-state index in [4.69, 9.17) is 9.73 Å². The lowest BCUT2D eigenvalue weighted by Crippen LogP contribution is -2.32. The first-order chi connectivity index (χ1) is 13.0. The summed E-state index contributed by atoms with van der Waals surface area (Å²) in [6, 6.07) is 10.4. The summed E-state index contributed by atoms with van der Waals surface area (Å²) in [4.78, 5) is 29.0. The molecule has 0 aromatic heterocycles. The average molecular weight is 367 g/mol. The first kappa shape index (κ1) is 19.5. The highest BCUT2D eigenvalue weighted by molar-refractivity contribution is 6.05. The third-order valence-electron chi connectivity index (χ3n) is 5.33. The second-order valence-electron chi connectivity index (χ2n) is 7.93. The number of aliphatic imine (C=N–C) groups is 1. The Morgan fingerprint density at radius 1 is 1.22 bits per heavy atom. The second kappa shape index (κ2) is 9.12. The van der Waals surface area contributed by atoms with E-state index in [0.29, 0.717) is 31.8 Å². The number of hydrogen-bond donors (Lipinski definition) is 0. The molecule has 0 fully saturated rings. The summed E-state index contributed by atoms with van der Waals surface area (Å²) >= 11 is 0. The molecule has 3 rings (SSSR count). The lowest BCUT2D eigenvalue weighted by Gasteiger charge is -2.33. The van der Waals surface area contributed by atoms with Crippen LogP contribution in [0.25, 0.3) is 0 Å². The van der Waals surface area contributed by atoms with Crippen molar-refractivity contribution in [3.8, 4) is 0 Å². The van der Waals surface area contributed by atoms with Gasteiger partial charge in [-0.1, -0.05) is 50.3 Å². The van der Waals surface area contributed by atoms with Crippen LogP contribution in [0, 0.1) is 11.8 Å². The minimum absolute atomic E-state index is 0.0141. The van der Waals surface area contributed by atoms with Gasteiger partial charge in [0.1, 0.15) is 5.78 Å². The van der Waals surface area contributed by atoms with E-state index in [2.05, 4.69) is 12.1 Å². The highest BCUT2D eigenvalue weighted by Crippen LogP contribution is 2.38. The van der Waals surface area contributed by atoms with Crippen LogP contribution in [-0.4, -0.2) is 30.6 Å². The molecule has 1 aliphatic heterocycles. The van der Waals surface area contributed by atoms with Crippen LogP contribution in [0.3, 0.4) is 0 Å². The van der Waals surface area contributed by atoms with E-state index < -0.39 is 0 Å². The first-order valence-electron chi connectivity index (χ1n) is 10.0. The molecular formula is C23H29NO3. The van der Waals surface area contributed by atoms with Crippen LogP contribution in [0.15, 0.2) is 47.0 Å². The maximum Gasteiger partial charge on any atom is 0.306 e. The summed E-state index contributed by atoms with van der Waals surface area (Å²) in [7, 11) is 0. The van der Waals surface area contributed by atoms with Crippen LogP contribution >= 0.6 is 0 Å². The summed E-state index contributed by atoms with van der Waals surface area (Å²) < 4.78 is 5.48. The Labute approximate surface area is 161 Å². The van der Waals surface area contributed by atoms with Crippen LogP contribution in [0.2, 0.25) is 0 Å². The Morgan fingerprint density at radius 3 is 2.67 bits per heavy atom. The fourth-order valence-corrected chi connectivity index (χ4v) is 3.96. The van der Waals surface area contributed by atoms with Crippen LogP contribution < -0.4 is 0 Å². The number of carbonyl (C=O) groups excluding carboxylic acids is 2. The zero-order valence-corrected chi connectivity index (χ0v) is 16.3. The monoisotopic (exact) mass is 367 g/mol. The molecule has 0 radical (unpaired) electrons. The van der Waals surface area contributed by atoms with Gasteiger partial charge in [-0.15, -0.1) is 0 Å². The normalized spacial score (nSPS) is 23.0. The molecule has 27 heavy (non-hydrogen) atoms. The summed E-state index contributed by atoms with van der Waals surface area (Å²) in [5, 5.41) is 0. The van der Waals surface area contributed by atoms with Gasteiger partial charge in [0.25, 0.3) is 0 Å². The van der Waals surface area contributed by atoms with Gasteiger partial charge in [-0.05, 0) is 35.8 Å². The van der Waals surface area contributed by atoms with Gasteiger partial charge in [0.15, 0.2) is 0 Å². The van der Waals surface area contributed by atoms with Crippen molar-refractivity contribution in [2.75, 3.05) is 13.2 Å². The number of hydrogen-bond acceptors (Lipinski definition) is 4. The molecule has 4 nitrogen and oxygen atoms in total. The van der Waals surface area contributed by atoms with Gasteiger partial charge in [-0.25, -0.2) is 0 Å². The highest BCUT2D eigenvalue weighted by atomic mass is 16.5. The summed E-state index contributed by atoms with van der Waals surface area (Å²) in [6.07, 6.45) is 5.08. The van der Waals surface area contributed by atoms with Gasteiger partial charge in [0, 0.05) is 31.0 Å². The Balaban J connectivity index is 1.85. The molecule has 0 N–H and O–H groups in total. The van der Waals surface area contributed by atoms with Crippen LogP contribution in [0.1, 0.15) is 57.4 Å². The Hall–Kier alpha value is -2.23. The summed E-state index contributed by atoms with van der Waals surface area (Å²) in [5.74, 6) is 0.717. The molecule has 2 aliphatic rings. The number of ketones is 1. The van der Waals surface area contributed by atoms with Gasteiger partial charge < -0.3 is 4.74 Å². The standard InChI is InChI=1S/C23H29NO3/c1-16(2)15-27-22(26)14-21-20(17-6-4-3-5-7-17)12-13-24-23(21)18-8-10-19(25)11-9-18/h3-8,16,20-21H,9-15H2,1-2H3. The van der Waals surface area contributed by atoms with Gasteiger partial charge in [-0.2, -0.15) is 0 Å². The number of esters is 1. The van der Waals surface area contributed by atoms with E-state index in [0.717, 1.165) is 30.7 Å². The topological polar surface area (TPSA) is 55.7 Å². The molecule has 0 spiro atoms. The molecule has 0 saturated carbocycles. The van der Waals surface area contributed by atoms with Crippen molar-refractivity contribution in [2.24, 2.45) is 16.8 Å². The van der Waals surface area contributed by atoms with Gasteiger partial charge >= 0.3 is 5.97 Å². The Bertz CT molecular complexity index is 733. The van der Waals surface area contributed by atoms with Gasteiger partial charge in [0.2, 0.25) is 0 Å². The number of ether oxygens (including phenoxy) is 1. The summed E-state index contributed by atoms with van der Waals surface area (Å²) in [5.41, 5.74) is 3.42. The van der Waals surface area contributed by atoms with Crippen LogP contribution in [0.4, 0.5) is 0 Å². The molecule has 1 heterocycles. The number of nitrogens with zero attached hydrogens (tertiary/aromatic N) is 1. The van der Waals surface area contributed by atoms with Gasteiger partial charge in [-0.3, -0.25) is 14.6 Å². The van der Waals surface area contributed by atoms with Crippen molar-refractivity contribution in [3.63, 3.8) is 0 Å². The number of carbonyl (C=O) groups is 2. The molecule has 1 aromatic carbocycles. The SMILES string of the molecule is CC(C)COC(=O)CC1C(C2=CCC(=O)CC2)=NCCC1c1ccccc1. The van der Waals surface area contributed by atoms with Crippen molar-refractivity contribution in [2.45, 2.75) is 51.9 Å². The van der Waals surface area contributed by atoms with Crippen molar-refractivity contribution in [1.29, 1.82) is 0 Å². The smallest absolute Gasteiger partial charge is 0.306 e. The highest BCUT2D eigenvalue weighted by Gasteiger charge is 2.34. The molecule has 0 saturated heterocycles. The van der Waals surface area contributed by atoms with E-state index in [9.17, 15) is 9.59 Å². The predicted octanol–water partition coefficient (Wildman–Crippen LogP) is 4.50. The van der Waals surface area contributed by atoms with E-state index in [1.54, 1.807) is 0 Å². The maximum absolute atomic E-state index is 12.5. The van der Waals surface area contributed by atoms with E-state index in [1.807, 2.05) is 38.1 Å². The van der Waals surface area contributed by atoms with E-state index in [-0.39, 0.29) is 23.6 Å². The van der Waals surface area contributed by atoms with Crippen molar-refractivity contribution < 1.29 is 14.3 Å².